The molecule has 4 rings (SSSR count). The molecule has 1 saturated heterocycles. The molecule has 0 radical (unpaired) electrons. The molecule has 2 aromatic rings. The Morgan fingerprint density at radius 3 is 2.23 bits per heavy atom. The number of amides is 1. The van der Waals surface area contributed by atoms with Gasteiger partial charge < -0.3 is 10.2 Å². The third-order valence-corrected chi connectivity index (χ3v) is 6.80. The van der Waals surface area contributed by atoms with Gasteiger partial charge in [-0.2, -0.15) is 5.26 Å². The molecule has 0 bridgehead atoms. The molecule has 2 fully saturated rings. The van der Waals surface area contributed by atoms with Crippen LogP contribution in [0.5, 0.6) is 0 Å². The van der Waals surface area contributed by atoms with Gasteiger partial charge in [0, 0.05) is 45.0 Å². The number of nitrogens with one attached hydrogen (secondary N) is 1. The fourth-order valence-electron chi connectivity index (χ4n) is 4.82. The van der Waals surface area contributed by atoms with Crippen molar-refractivity contribution in [3.63, 3.8) is 0 Å². The highest BCUT2D eigenvalue weighted by Gasteiger charge is 2.39. The van der Waals surface area contributed by atoms with Crippen molar-refractivity contribution < 1.29 is 4.79 Å². The van der Waals surface area contributed by atoms with Gasteiger partial charge in [0.15, 0.2) is 0 Å². The highest BCUT2D eigenvalue weighted by molar-refractivity contribution is 5.85. The Labute approximate surface area is 185 Å². The van der Waals surface area contributed by atoms with Crippen LogP contribution in [-0.2, 0) is 17.9 Å². The molecule has 1 saturated carbocycles. The van der Waals surface area contributed by atoms with Crippen LogP contribution in [-0.4, -0.2) is 37.0 Å². The number of piperazine rings is 1. The minimum absolute atomic E-state index is 0.0963. The highest BCUT2D eigenvalue weighted by Crippen LogP contribution is 2.36. The van der Waals surface area contributed by atoms with Gasteiger partial charge in [0.2, 0.25) is 5.91 Å². The summed E-state index contributed by atoms with van der Waals surface area (Å²) in [6.45, 7) is 5.46. The number of hydrogen-bond donors (Lipinski definition) is 1. The second-order valence-corrected chi connectivity index (χ2v) is 8.80. The molecule has 0 spiro atoms. The van der Waals surface area contributed by atoms with Crippen molar-refractivity contribution in [2.45, 2.75) is 45.2 Å². The molecule has 1 heterocycles. The number of rotatable bonds is 6. The zero-order valence-electron chi connectivity index (χ0n) is 18.2. The van der Waals surface area contributed by atoms with Crippen molar-refractivity contribution in [3.05, 3.63) is 65.7 Å². The zero-order valence-corrected chi connectivity index (χ0v) is 18.2. The van der Waals surface area contributed by atoms with E-state index in [2.05, 4.69) is 69.7 Å². The summed E-state index contributed by atoms with van der Waals surface area (Å²) in [6.07, 6.45) is 4.42. The van der Waals surface area contributed by atoms with Crippen LogP contribution in [0.2, 0.25) is 0 Å². The lowest BCUT2D eigenvalue weighted by Crippen LogP contribution is -2.46. The van der Waals surface area contributed by atoms with Gasteiger partial charge in [-0.3, -0.25) is 9.69 Å². The van der Waals surface area contributed by atoms with Crippen molar-refractivity contribution in [3.8, 4) is 6.07 Å². The Morgan fingerprint density at radius 1 is 0.903 bits per heavy atom. The fraction of sp³-hybridized carbons (Fsp3) is 0.462. The first kappa shape index (κ1) is 21.4. The topological polar surface area (TPSA) is 59.4 Å². The molecule has 1 amide bonds. The Balaban J connectivity index is 1.34. The monoisotopic (exact) mass is 416 g/mol. The second kappa shape index (κ2) is 9.98. The number of para-hydroxylation sites is 1. The summed E-state index contributed by atoms with van der Waals surface area (Å²) in [4.78, 5) is 17.8. The number of hydrogen-bond acceptors (Lipinski definition) is 4. The molecule has 0 atom stereocenters. The highest BCUT2D eigenvalue weighted by atomic mass is 16.2. The summed E-state index contributed by atoms with van der Waals surface area (Å²) in [5.74, 6) is -0.0963. The summed E-state index contributed by atoms with van der Waals surface area (Å²) in [7, 11) is 0. The predicted octanol–water partition coefficient (Wildman–Crippen LogP) is 4.10. The van der Waals surface area contributed by atoms with Crippen LogP contribution < -0.4 is 10.2 Å². The van der Waals surface area contributed by atoms with Crippen molar-refractivity contribution in [1.29, 1.82) is 5.26 Å². The molecule has 1 N–H and O–H groups in total. The van der Waals surface area contributed by atoms with Crippen LogP contribution in [0.1, 0.15) is 43.2 Å². The van der Waals surface area contributed by atoms with Crippen molar-refractivity contribution in [2.24, 2.45) is 5.41 Å². The van der Waals surface area contributed by atoms with Crippen LogP contribution in [0, 0.1) is 16.7 Å². The quantitative estimate of drug-likeness (QED) is 0.770. The molecule has 162 valence electrons. The molecule has 5 heteroatoms. The average molecular weight is 417 g/mol. The Hall–Kier alpha value is -2.84. The first-order chi connectivity index (χ1) is 15.2. The molecule has 5 nitrogen and oxygen atoms in total. The maximum absolute atomic E-state index is 12.8. The molecule has 2 aromatic carbocycles. The summed E-state index contributed by atoms with van der Waals surface area (Å²) >= 11 is 0. The van der Waals surface area contributed by atoms with E-state index < -0.39 is 5.41 Å². The van der Waals surface area contributed by atoms with Gasteiger partial charge in [0.25, 0.3) is 0 Å². The van der Waals surface area contributed by atoms with Gasteiger partial charge in [0.05, 0.1) is 6.07 Å². The maximum Gasteiger partial charge on any atom is 0.240 e. The lowest BCUT2D eigenvalue weighted by molar-refractivity contribution is -0.129. The molecule has 1 aliphatic carbocycles. The number of nitriles is 1. The van der Waals surface area contributed by atoms with Crippen LogP contribution in [0.3, 0.4) is 0 Å². The van der Waals surface area contributed by atoms with E-state index in [-0.39, 0.29) is 5.91 Å². The largest absolute Gasteiger partial charge is 0.369 e. The smallest absolute Gasteiger partial charge is 0.240 e. The minimum atomic E-state index is -0.832. The van der Waals surface area contributed by atoms with Crippen molar-refractivity contribution in [1.82, 2.24) is 10.2 Å². The van der Waals surface area contributed by atoms with Gasteiger partial charge in [-0.25, -0.2) is 0 Å². The van der Waals surface area contributed by atoms with Gasteiger partial charge in [-0.15, -0.1) is 0 Å². The van der Waals surface area contributed by atoms with E-state index in [9.17, 15) is 10.1 Å². The minimum Gasteiger partial charge on any atom is -0.369 e. The van der Waals surface area contributed by atoms with Gasteiger partial charge in [-0.05, 0) is 36.1 Å². The standard InChI is InChI=1S/C26H32N4O/c27-21-26(13-7-2-8-14-26)25(31)28-19-22-9-5-6-10-23(22)20-29-15-17-30(18-16-29)24-11-3-1-4-12-24/h1,3-6,9-12H,2,7-8,13-20H2,(H,28,31). The first-order valence-electron chi connectivity index (χ1n) is 11.5. The summed E-state index contributed by atoms with van der Waals surface area (Å²) in [6, 6.07) is 21.3. The van der Waals surface area contributed by atoms with E-state index in [0.717, 1.165) is 57.5 Å². The zero-order chi connectivity index (χ0) is 21.5. The molecule has 31 heavy (non-hydrogen) atoms. The molecule has 1 aliphatic heterocycles. The summed E-state index contributed by atoms with van der Waals surface area (Å²) < 4.78 is 0. The van der Waals surface area contributed by atoms with Crippen molar-refractivity contribution in [2.75, 3.05) is 31.1 Å². The van der Waals surface area contributed by atoms with Gasteiger partial charge in [-0.1, -0.05) is 61.7 Å². The number of anilines is 1. The second-order valence-electron chi connectivity index (χ2n) is 8.80. The molecule has 2 aliphatic rings. The van der Waals surface area contributed by atoms with E-state index >= 15 is 0 Å². The van der Waals surface area contributed by atoms with Crippen LogP contribution in [0.15, 0.2) is 54.6 Å². The van der Waals surface area contributed by atoms with E-state index in [4.69, 9.17) is 0 Å². The SMILES string of the molecule is N#CC1(C(=O)NCc2ccccc2CN2CCN(c3ccccc3)CC2)CCCCC1. The Bertz CT molecular complexity index is 907. The lowest BCUT2D eigenvalue weighted by Gasteiger charge is -2.36. The van der Waals surface area contributed by atoms with Crippen molar-refractivity contribution >= 4 is 11.6 Å². The fourth-order valence-corrected chi connectivity index (χ4v) is 4.82. The first-order valence-corrected chi connectivity index (χ1v) is 11.5. The number of benzene rings is 2. The normalized spacial score (nSPS) is 18.9. The van der Waals surface area contributed by atoms with E-state index in [1.54, 1.807) is 0 Å². The number of carbonyl (C=O) groups is 1. The lowest BCUT2D eigenvalue weighted by atomic mass is 9.74. The molecule has 0 unspecified atom stereocenters. The Morgan fingerprint density at radius 2 is 1.55 bits per heavy atom. The predicted molar refractivity (Wildman–Crippen MR) is 123 cm³/mol. The van der Waals surface area contributed by atoms with Gasteiger partial charge in [0.1, 0.15) is 5.41 Å². The summed E-state index contributed by atoms with van der Waals surface area (Å²) in [5, 5.41) is 12.7. The van der Waals surface area contributed by atoms with E-state index in [1.807, 2.05) is 6.07 Å². The molecule has 0 aromatic heterocycles. The summed E-state index contributed by atoms with van der Waals surface area (Å²) in [5.41, 5.74) is 2.86. The third-order valence-electron chi connectivity index (χ3n) is 6.80. The van der Waals surface area contributed by atoms with Crippen LogP contribution in [0.25, 0.3) is 0 Å². The van der Waals surface area contributed by atoms with Gasteiger partial charge >= 0.3 is 0 Å². The average Bonchev–Trinajstić information content (AvgIpc) is 2.84. The molecular formula is C26H32N4O. The molecular weight excluding hydrogens is 384 g/mol. The van der Waals surface area contributed by atoms with Crippen LogP contribution >= 0.6 is 0 Å². The van der Waals surface area contributed by atoms with Crippen LogP contribution in [0.4, 0.5) is 5.69 Å². The maximum atomic E-state index is 12.8. The third kappa shape index (κ3) is 5.08. The van der Waals surface area contributed by atoms with E-state index in [0.29, 0.717) is 19.4 Å². The Kier molecular flexibility index (Phi) is 6.89. The number of carbonyl (C=O) groups excluding carboxylic acids is 1. The van der Waals surface area contributed by atoms with E-state index in [1.165, 1.54) is 11.3 Å². The number of nitrogens with zero attached hydrogens (tertiary/aromatic N) is 3.